The highest BCUT2D eigenvalue weighted by Gasteiger charge is 2.43. The molecule has 2 N–H and O–H groups in total. The molecule has 0 spiro atoms. The van der Waals surface area contributed by atoms with Crippen molar-refractivity contribution in [2.24, 2.45) is 11.8 Å². The SMILES string of the molecule is CNc1cccc(C(=O)N2CC3CCC(O)C3C2)n1. The molecule has 0 radical (unpaired) electrons. The average Bonchev–Trinajstić information content (AvgIpc) is 3.01. The van der Waals surface area contributed by atoms with E-state index in [0.29, 0.717) is 24.0 Å². The molecule has 1 saturated carbocycles. The number of carbonyl (C=O) groups is 1. The van der Waals surface area contributed by atoms with E-state index in [-0.39, 0.29) is 17.9 Å². The van der Waals surface area contributed by atoms with Crippen LogP contribution >= 0.6 is 0 Å². The minimum atomic E-state index is -0.237. The van der Waals surface area contributed by atoms with Gasteiger partial charge < -0.3 is 15.3 Å². The summed E-state index contributed by atoms with van der Waals surface area (Å²) in [5.41, 5.74) is 0.473. The van der Waals surface area contributed by atoms with Gasteiger partial charge in [0.15, 0.2) is 0 Å². The largest absolute Gasteiger partial charge is 0.393 e. The summed E-state index contributed by atoms with van der Waals surface area (Å²) in [6, 6.07) is 5.41. The summed E-state index contributed by atoms with van der Waals surface area (Å²) in [6.07, 6.45) is 1.67. The van der Waals surface area contributed by atoms with Gasteiger partial charge in [-0.2, -0.15) is 0 Å². The Morgan fingerprint density at radius 3 is 3.00 bits per heavy atom. The Balaban J connectivity index is 1.74. The van der Waals surface area contributed by atoms with E-state index in [0.717, 1.165) is 19.4 Å². The highest BCUT2D eigenvalue weighted by atomic mass is 16.3. The van der Waals surface area contributed by atoms with Crippen molar-refractivity contribution in [2.45, 2.75) is 18.9 Å². The first-order valence-electron chi connectivity index (χ1n) is 6.81. The summed E-state index contributed by atoms with van der Waals surface area (Å²) < 4.78 is 0. The van der Waals surface area contributed by atoms with Crippen molar-refractivity contribution in [3.05, 3.63) is 23.9 Å². The number of hydrogen-bond acceptors (Lipinski definition) is 4. The smallest absolute Gasteiger partial charge is 0.272 e. The van der Waals surface area contributed by atoms with Gasteiger partial charge >= 0.3 is 0 Å². The molecule has 3 atom stereocenters. The topological polar surface area (TPSA) is 65.5 Å². The number of fused-ring (bicyclic) bond motifs is 1. The van der Waals surface area contributed by atoms with E-state index in [1.165, 1.54) is 0 Å². The van der Waals surface area contributed by atoms with E-state index in [4.69, 9.17) is 0 Å². The maximum atomic E-state index is 12.4. The number of pyridine rings is 1. The van der Waals surface area contributed by atoms with Crippen molar-refractivity contribution >= 4 is 11.7 Å². The van der Waals surface area contributed by atoms with E-state index in [1.807, 2.05) is 17.0 Å². The van der Waals surface area contributed by atoms with Crippen LogP contribution in [-0.4, -0.2) is 47.1 Å². The Morgan fingerprint density at radius 2 is 2.26 bits per heavy atom. The van der Waals surface area contributed by atoms with Crippen LogP contribution in [0.4, 0.5) is 5.82 Å². The lowest BCUT2D eigenvalue weighted by Crippen LogP contribution is -2.31. The van der Waals surface area contributed by atoms with Crippen molar-refractivity contribution in [1.82, 2.24) is 9.88 Å². The number of nitrogens with zero attached hydrogens (tertiary/aromatic N) is 2. The Kier molecular flexibility index (Phi) is 3.14. The first-order chi connectivity index (χ1) is 9.19. The third-order valence-electron chi connectivity index (χ3n) is 4.33. The van der Waals surface area contributed by atoms with Crippen molar-refractivity contribution in [2.75, 3.05) is 25.5 Å². The molecule has 2 heterocycles. The van der Waals surface area contributed by atoms with Crippen molar-refractivity contribution in [3.63, 3.8) is 0 Å². The number of aliphatic hydroxyl groups is 1. The average molecular weight is 261 g/mol. The third-order valence-corrected chi connectivity index (χ3v) is 4.33. The lowest BCUT2D eigenvalue weighted by Gasteiger charge is -2.18. The first-order valence-corrected chi connectivity index (χ1v) is 6.81. The van der Waals surface area contributed by atoms with Gasteiger partial charge in [-0.25, -0.2) is 4.98 Å². The quantitative estimate of drug-likeness (QED) is 0.832. The maximum absolute atomic E-state index is 12.4. The molecule has 1 amide bonds. The van der Waals surface area contributed by atoms with Gasteiger partial charge in [0.05, 0.1) is 6.10 Å². The zero-order valence-electron chi connectivity index (χ0n) is 11.0. The van der Waals surface area contributed by atoms with Gasteiger partial charge in [-0.05, 0) is 30.9 Å². The second-order valence-corrected chi connectivity index (χ2v) is 5.44. The fourth-order valence-corrected chi connectivity index (χ4v) is 3.26. The van der Waals surface area contributed by atoms with E-state index >= 15 is 0 Å². The van der Waals surface area contributed by atoms with Crippen LogP contribution in [0.5, 0.6) is 0 Å². The minimum Gasteiger partial charge on any atom is -0.393 e. The fourth-order valence-electron chi connectivity index (χ4n) is 3.26. The maximum Gasteiger partial charge on any atom is 0.272 e. The highest BCUT2D eigenvalue weighted by molar-refractivity contribution is 5.92. The van der Waals surface area contributed by atoms with Crippen LogP contribution in [0.3, 0.4) is 0 Å². The zero-order chi connectivity index (χ0) is 13.4. The molecule has 5 heteroatoms. The highest BCUT2D eigenvalue weighted by Crippen LogP contribution is 2.38. The predicted octanol–water partition coefficient (Wildman–Crippen LogP) is 0.966. The Bertz CT molecular complexity index is 491. The third kappa shape index (κ3) is 2.18. The molecule has 1 aliphatic heterocycles. The van der Waals surface area contributed by atoms with Crippen LogP contribution in [0.2, 0.25) is 0 Å². The van der Waals surface area contributed by atoms with Crippen molar-refractivity contribution in [3.8, 4) is 0 Å². The second kappa shape index (κ2) is 4.81. The van der Waals surface area contributed by atoms with Gasteiger partial charge in [0, 0.05) is 26.1 Å². The summed E-state index contributed by atoms with van der Waals surface area (Å²) in [6.45, 7) is 1.42. The van der Waals surface area contributed by atoms with Crippen LogP contribution in [0.15, 0.2) is 18.2 Å². The number of hydrogen-bond donors (Lipinski definition) is 2. The lowest BCUT2D eigenvalue weighted by atomic mass is 10.00. The second-order valence-electron chi connectivity index (χ2n) is 5.44. The van der Waals surface area contributed by atoms with Crippen LogP contribution < -0.4 is 5.32 Å². The molecule has 3 rings (SSSR count). The molecular formula is C14H19N3O2. The Hall–Kier alpha value is -1.62. The number of aliphatic hydroxyl groups excluding tert-OH is 1. The van der Waals surface area contributed by atoms with Gasteiger partial charge in [0.25, 0.3) is 5.91 Å². The van der Waals surface area contributed by atoms with E-state index < -0.39 is 0 Å². The molecule has 0 bridgehead atoms. The van der Waals surface area contributed by atoms with Gasteiger partial charge in [-0.1, -0.05) is 6.07 Å². The van der Waals surface area contributed by atoms with E-state index in [2.05, 4.69) is 10.3 Å². The zero-order valence-corrected chi connectivity index (χ0v) is 11.0. The normalized spacial score (nSPS) is 29.4. The standard InChI is InChI=1S/C14H19N3O2/c1-15-13-4-2-3-11(16-13)14(19)17-7-9-5-6-12(18)10(9)8-17/h2-4,9-10,12,18H,5-8H2,1H3,(H,15,16). The van der Waals surface area contributed by atoms with Gasteiger partial charge in [-0.3, -0.25) is 4.79 Å². The summed E-state index contributed by atoms with van der Waals surface area (Å²) in [5, 5.41) is 12.8. The van der Waals surface area contributed by atoms with Crippen LogP contribution in [0.25, 0.3) is 0 Å². The number of amides is 1. The number of rotatable bonds is 2. The molecule has 19 heavy (non-hydrogen) atoms. The number of likely N-dealkylation sites (tertiary alicyclic amines) is 1. The molecule has 1 saturated heterocycles. The van der Waals surface area contributed by atoms with Crippen LogP contribution in [0, 0.1) is 11.8 Å². The lowest BCUT2D eigenvalue weighted by molar-refractivity contribution is 0.0747. The molecule has 0 aromatic carbocycles. The molecule has 2 aliphatic rings. The minimum absolute atomic E-state index is 0.0290. The fraction of sp³-hybridized carbons (Fsp3) is 0.571. The van der Waals surface area contributed by atoms with Gasteiger partial charge in [-0.15, -0.1) is 0 Å². The molecule has 102 valence electrons. The molecule has 1 aromatic heterocycles. The Morgan fingerprint density at radius 1 is 1.42 bits per heavy atom. The summed E-state index contributed by atoms with van der Waals surface area (Å²) >= 11 is 0. The predicted molar refractivity (Wildman–Crippen MR) is 71.9 cm³/mol. The number of nitrogens with one attached hydrogen (secondary N) is 1. The van der Waals surface area contributed by atoms with Crippen molar-refractivity contribution < 1.29 is 9.90 Å². The Labute approximate surface area is 112 Å². The molecule has 2 fully saturated rings. The summed E-state index contributed by atoms with van der Waals surface area (Å²) in [5.74, 6) is 1.40. The van der Waals surface area contributed by atoms with Crippen LogP contribution in [0.1, 0.15) is 23.3 Å². The number of aromatic nitrogens is 1. The van der Waals surface area contributed by atoms with Gasteiger partial charge in [0.2, 0.25) is 0 Å². The first kappa shape index (κ1) is 12.4. The summed E-state index contributed by atoms with van der Waals surface area (Å²) in [7, 11) is 1.78. The van der Waals surface area contributed by atoms with Crippen molar-refractivity contribution in [1.29, 1.82) is 0 Å². The van der Waals surface area contributed by atoms with E-state index in [1.54, 1.807) is 13.1 Å². The molecule has 1 aromatic rings. The summed E-state index contributed by atoms with van der Waals surface area (Å²) in [4.78, 5) is 18.5. The van der Waals surface area contributed by atoms with E-state index in [9.17, 15) is 9.90 Å². The molecule has 5 nitrogen and oxygen atoms in total. The number of anilines is 1. The molecule has 3 unspecified atom stereocenters. The van der Waals surface area contributed by atoms with Crippen LogP contribution in [-0.2, 0) is 0 Å². The number of carbonyl (C=O) groups excluding carboxylic acids is 1. The molecular weight excluding hydrogens is 242 g/mol. The monoisotopic (exact) mass is 261 g/mol. The van der Waals surface area contributed by atoms with Gasteiger partial charge in [0.1, 0.15) is 11.5 Å². The molecule has 1 aliphatic carbocycles.